The van der Waals surface area contributed by atoms with Crippen molar-refractivity contribution in [1.82, 2.24) is 19.6 Å². The van der Waals surface area contributed by atoms with E-state index < -0.39 is 24.0 Å². The molecule has 0 unspecified atom stereocenters. The molecule has 2 aliphatic heterocycles. The molecule has 3 heterocycles. The minimum atomic E-state index is -0.826. The summed E-state index contributed by atoms with van der Waals surface area (Å²) in [4.78, 5) is 40.0. The number of carbonyl (C=O) groups is 3. The molecule has 0 spiro atoms. The number of hydrogen-bond acceptors (Lipinski definition) is 6. The van der Waals surface area contributed by atoms with Gasteiger partial charge in [0.05, 0.1) is 26.4 Å². The van der Waals surface area contributed by atoms with E-state index in [-0.39, 0.29) is 18.1 Å². The van der Waals surface area contributed by atoms with Gasteiger partial charge in [-0.1, -0.05) is 0 Å². The van der Waals surface area contributed by atoms with Crippen molar-refractivity contribution in [3.8, 4) is 0 Å². The van der Waals surface area contributed by atoms with Crippen LogP contribution in [0.4, 0.5) is 0 Å². The van der Waals surface area contributed by atoms with Crippen LogP contribution in [0.15, 0.2) is 6.07 Å². The number of esters is 1. The first-order valence-electron chi connectivity index (χ1n) is 7.77. The van der Waals surface area contributed by atoms with Crippen molar-refractivity contribution in [2.75, 3.05) is 33.9 Å². The van der Waals surface area contributed by atoms with Gasteiger partial charge in [-0.2, -0.15) is 5.10 Å². The summed E-state index contributed by atoms with van der Waals surface area (Å²) in [7, 11) is 2.98. The first-order chi connectivity index (χ1) is 11.4. The van der Waals surface area contributed by atoms with Crippen molar-refractivity contribution in [3.63, 3.8) is 0 Å². The number of fused-ring (bicyclic) bond motifs is 1. The zero-order chi connectivity index (χ0) is 17.4. The monoisotopic (exact) mass is 336 g/mol. The molecular weight excluding hydrogens is 316 g/mol. The molecule has 1 aromatic rings. The van der Waals surface area contributed by atoms with Crippen LogP contribution in [0.25, 0.3) is 0 Å². The lowest BCUT2D eigenvalue weighted by Gasteiger charge is -2.37. The molecule has 9 nitrogen and oxygen atoms in total. The average Bonchev–Trinajstić information content (AvgIpc) is 3.01. The van der Waals surface area contributed by atoms with Crippen LogP contribution in [0.5, 0.6) is 0 Å². The fraction of sp³-hybridized carbons (Fsp3) is 0.600. The molecule has 0 N–H and O–H groups in total. The molecule has 2 atom stereocenters. The molecular formula is C15H20N4O5. The van der Waals surface area contributed by atoms with E-state index in [1.807, 2.05) is 0 Å². The molecule has 1 fully saturated rings. The zero-order valence-corrected chi connectivity index (χ0v) is 13.9. The first kappa shape index (κ1) is 16.4. The third-order valence-electron chi connectivity index (χ3n) is 4.41. The number of nitrogens with zero attached hydrogens (tertiary/aromatic N) is 4. The van der Waals surface area contributed by atoms with Gasteiger partial charge in [-0.3, -0.25) is 14.3 Å². The van der Waals surface area contributed by atoms with Crippen LogP contribution in [-0.4, -0.2) is 83.4 Å². The Bertz CT molecular complexity index is 685. The van der Waals surface area contributed by atoms with E-state index in [0.29, 0.717) is 25.4 Å². The highest BCUT2D eigenvalue weighted by Crippen LogP contribution is 2.20. The molecule has 9 heteroatoms. The van der Waals surface area contributed by atoms with E-state index in [1.54, 1.807) is 18.9 Å². The van der Waals surface area contributed by atoms with E-state index in [1.165, 1.54) is 22.8 Å². The number of rotatable bonds is 2. The third-order valence-corrected chi connectivity index (χ3v) is 4.41. The Hall–Kier alpha value is -2.42. The standard InChI is InChI=1S/C15H20N4O5/c1-9-12(15(22)23-3)18(6-7-24-9)13(20)10-8-11-14(21)17(2)4-5-19(11)16-10/h8-9,12H,4-7H2,1-3H3/t9-,12+/m1/s1. The summed E-state index contributed by atoms with van der Waals surface area (Å²) in [5.74, 6) is -1.11. The van der Waals surface area contributed by atoms with Gasteiger partial charge in [0.1, 0.15) is 5.69 Å². The van der Waals surface area contributed by atoms with E-state index >= 15 is 0 Å². The quantitative estimate of drug-likeness (QED) is 0.668. The Morgan fingerprint density at radius 2 is 2.08 bits per heavy atom. The van der Waals surface area contributed by atoms with E-state index in [2.05, 4.69) is 5.10 Å². The molecule has 0 bridgehead atoms. The summed E-state index contributed by atoms with van der Waals surface area (Å²) in [6, 6.07) is 0.655. The number of likely N-dealkylation sites (N-methyl/N-ethyl adjacent to an activating group) is 1. The summed E-state index contributed by atoms with van der Waals surface area (Å²) in [5, 5.41) is 4.24. The smallest absolute Gasteiger partial charge is 0.331 e. The molecule has 24 heavy (non-hydrogen) atoms. The zero-order valence-electron chi connectivity index (χ0n) is 13.9. The SMILES string of the molecule is COC(=O)[C@@H]1[C@@H](C)OCCN1C(=O)c1cc2n(n1)CCN(C)C2=O. The highest BCUT2D eigenvalue weighted by molar-refractivity contribution is 5.99. The number of aromatic nitrogens is 2. The average molecular weight is 336 g/mol. The maximum atomic E-state index is 12.8. The van der Waals surface area contributed by atoms with Crippen molar-refractivity contribution >= 4 is 17.8 Å². The van der Waals surface area contributed by atoms with Crippen molar-refractivity contribution in [1.29, 1.82) is 0 Å². The number of carbonyl (C=O) groups excluding carboxylic acids is 3. The molecule has 130 valence electrons. The Morgan fingerprint density at radius 1 is 1.33 bits per heavy atom. The molecule has 0 radical (unpaired) electrons. The molecule has 1 aromatic heterocycles. The van der Waals surface area contributed by atoms with Crippen LogP contribution in [0.2, 0.25) is 0 Å². The minimum absolute atomic E-state index is 0.150. The fourth-order valence-electron chi connectivity index (χ4n) is 3.04. The Kier molecular flexibility index (Phi) is 4.27. The van der Waals surface area contributed by atoms with Crippen LogP contribution >= 0.6 is 0 Å². The summed E-state index contributed by atoms with van der Waals surface area (Å²) >= 11 is 0. The van der Waals surface area contributed by atoms with Gasteiger partial charge in [-0.25, -0.2) is 4.79 Å². The van der Waals surface area contributed by atoms with Crippen molar-refractivity contribution < 1.29 is 23.9 Å². The highest BCUT2D eigenvalue weighted by atomic mass is 16.5. The van der Waals surface area contributed by atoms with Crippen molar-refractivity contribution in [2.24, 2.45) is 0 Å². The third kappa shape index (κ3) is 2.64. The molecule has 0 saturated carbocycles. The summed E-state index contributed by atoms with van der Waals surface area (Å²) in [5.41, 5.74) is 0.527. The Morgan fingerprint density at radius 3 is 2.79 bits per heavy atom. The van der Waals surface area contributed by atoms with Crippen LogP contribution in [0, 0.1) is 0 Å². The van der Waals surface area contributed by atoms with Crippen molar-refractivity contribution in [3.05, 3.63) is 17.5 Å². The number of amides is 2. The summed E-state index contributed by atoms with van der Waals surface area (Å²) < 4.78 is 11.8. The van der Waals surface area contributed by atoms with Crippen LogP contribution < -0.4 is 0 Å². The van der Waals surface area contributed by atoms with Gasteiger partial charge in [-0.05, 0) is 6.92 Å². The van der Waals surface area contributed by atoms with Crippen molar-refractivity contribution in [2.45, 2.75) is 25.6 Å². The van der Waals surface area contributed by atoms with Gasteiger partial charge in [0.25, 0.3) is 11.8 Å². The molecule has 0 aliphatic carbocycles. The topological polar surface area (TPSA) is 94.0 Å². The molecule has 0 aromatic carbocycles. The van der Waals surface area contributed by atoms with Gasteiger partial charge in [-0.15, -0.1) is 0 Å². The minimum Gasteiger partial charge on any atom is -0.467 e. The van der Waals surface area contributed by atoms with Gasteiger partial charge in [0.15, 0.2) is 11.7 Å². The molecule has 2 amide bonds. The first-order valence-corrected chi connectivity index (χ1v) is 7.77. The maximum Gasteiger partial charge on any atom is 0.331 e. The van der Waals surface area contributed by atoms with E-state index in [4.69, 9.17) is 9.47 Å². The summed E-state index contributed by atoms with van der Waals surface area (Å²) in [6.45, 7) is 3.39. The Labute approximate surface area is 139 Å². The predicted octanol–water partition coefficient (Wildman–Crippen LogP) is -0.629. The van der Waals surface area contributed by atoms with Crippen LogP contribution in [0.3, 0.4) is 0 Å². The second-order valence-corrected chi connectivity index (χ2v) is 5.91. The predicted molar refractivity (Wildman–Crippen MR) is 81.4 cm³/mol. The number of methoxy groups -OCH3 is 1. The molecule has 1 saturated heterocycles. The second kappa shape index (κ2) is 6.23. The second-order valence-electron chi connectivity index (χ2n) is 5.91. The van der Waals surface area contributed by atoms with Crippen LogP contribution in [0.1, 0.15) is 27.9 Å². The van der Waals surface area contributed by atoms with Gasteiger partial charge in [0, 0.05) is 26.2 Å². The van der Waals surface area contributed by atoms with Gasteiger partial charge >= 0.3 is 5.97 Å². The lowest BCUT2D eigenvalue weighted by Crippen LogP contribution is -2.56. The normalized spacial score (nSPS) is 23.9. The fourth-order valence-corrected chi connectivity index (χ4v) is 3.04. The molecule has 3 rings (SSSR count). The largest absolute Gasteiger partial charge is 0.467 e. The molecule has 2 aliphatic rings. The van der Waals surface area contributed by atoms with Gasteiger partial charge in [0.2, 0.25) is 0 Å². The highest BCUT2D eigenvalue weighted by Gasteiger charge is 2.40. The number of ether oxygens (including phenoxy) is 2. The number of hydrogen-bond donors (Lipinski definition) is 0. The van der Waals surface area contributed by atoms with E-state index in [0.717, 1.165) is 0 Å². The van der Waals surface area contributed by atoms with Crippen LogP contribution in [-0.2, 0) is 20.8 Å². The van der Waals surface area contributed by atoms with Gasteiger partial charge < -0.3 is 19.3 Å². The summed E-state index contributed by atoms with van der Waals surface area (Å²) in [6.07, 6.45) is -0.472. The maximum absolute atomic E-state index is 12.8. The Balaban J connectivity index is 1.89. The number of morpholine rings is 1. The lowest BCUT2D eigenvalue weighted by molar-refractivity contribution is -0.156. The van der Waals surface area contributed by atoms with E-state index in [9.17, 15) is 14.4 Å². The lowest BCUT2D eigenvalue weighted by atomic mass is 10.1.